The molecule has 0 saturated heterocycles. The second kappa shape index (κ2) is 4.35. The fraction of sp³-hybridized carbons (Fsp3) is 0.235. The molecule has 4 rings (SSSR count). The van der Waals surface area contributed by atoms with E-state index in [2.05, 4.69) is 48.5 Å². The van der Waals surface area contributed by atoms with E-state index in [0.29, 0.717) is 12.0 Å². The Bertz CT molecular complexity index is 690. The maximum absolute atomic E-state index is 6.00. The molecule has 2 aromatic rings. The summed E-state index contributed by atoms with van der Waals surface area (Å²) in [6.07, 6.45) is 1.08. The highest BCUT2D eigenvalue weighted by Gasteiger charge is 2.41. The van der Waals surface area contributed by atoms with Crippen molar-refractivity contribution < 1.29 is 0 Å². The van der Waals surface area contributed by atoms with E-state index in [9.17, 15) is 0 Å². The van der Waals surface area contributed by atoms with Crippen LogP contribution in [0.4, 0.5) is 0 Å². The first-order valence-corrected chi connectivity index (χ1v) is 7.27. The molecule has 3 heteroatoms. The van der Waals surface area contributed by atoms with Crippen molar-refractivity contribution >= 4 is 17.3 Å². The van der Waals surface area contributed by atoms with Gasteiger partial charge in [0, 0.05) is 23.6 Å². The number of benzene rings is 2. The fourth-order valence-corrected chi connectivity index (χ4v) is 3.60. The standard InChI is InChI=1S/C17H15ClN2/c1-20-17(11-6-8-13(18)9-7-11)15-10-12-4-2-3-5-14(12)16(15)19-20/h2-9,15,17H,10H2,1H3. The molecule has 0 aromatic heterocycles. The van der Waals surface area contributed by atoms with E-state index in [1.54, 1.807) is 0 Å². The molecule has 1 aliphatic heterocycles. The molecule has 0 fully saturated rings. The average Bonchev–Trinajstić information content (AvgIpc) is 2.95. The van der Waals surface area contributed by atoms with Gasteiger partial charge in [0.05, 0.1) is 11.8 Å². The molecular weight excluding hydrogens is 268 g/mol. The van der Waals surface area contributed by atoms with Crippen molar-refractivity contribution in [1.82, 2.24) is 5.01 Å². The summed E-state index contributed by atoms with van der Waals surface area (Å²) in [6.45, 7) is 0. The van der Waals surface area contributed by atoms with Crippen LogP contribution in [0.1, 0.15) is 22.7 Å². The molecule has 1 heterocycles. The lowest BCUT2D eigenvalue weighted by Crippen LogP contribution is -2.22. The van der Waals surface area contributed by atoms with Crippen molar-refractivity contribution in [3.05, 3.63) is 70.2 Å². The van der Waals surface area contributed by atoms with Gasteiger partial charge in [-0.3, -0.25) is 5.01 Å². The van der Waals surface area contributed by atoms with Crippen LogP contribution in [0.15, 0.2) is 53.6 Å². The van der Waals surface area contributed by atoms with Crippen LogP contribution in [0.3, 0.4) is 0 Å². The maximum atomic E-state index is 6.00. The predicted molar refractivity (Wildman–Crippen MR) is 82.1 cm³/mol. The number of nitrogens with zero attached hydrogens (tertiary/aromatic N) is 2. The molecule has 0 spiro atoms. The minimum absolute atomic E-state index is 0.315. The van der Waals surface area contributed by atoms with Crippen molar-refractivity contribution in [2.45, 2.75) is 12.5 Å². The van der Waals surface area contributed by atoms with Gasteiger partial charge in [-0.1, -0.05) is 48.0 Å². The van der Waals surface area contributed by atoms with Gasteiger partial charge in [0.15, 0.2) is 0 Å². The molecule has 0 radical (unpaired) electrons. The van der Waals surface area contributed by atoms with Crippen LogP contribution >= 0.6 is 11.6 Å². The van der Waals surface area contributed by atoms with Gasteiger partial charge in [-0.25, -0.2) is 0 Å². The third-order valence-electron chi connectivity index (χ3n) is 4.35. The second-order valence-electron chi connectivity index (χ2n) is 5.52. The largest absolute Gasteiger partial charge is 0.292 e. The zero-order valence-corrected chi connectivity index (χ0v) is 12.0. The third-order valence-corrected chi connectivity index (χ3v) is 4.60. The Morgan fingerprint density at radius 1 is 1.10 bits per heavy atom. The van der Waals surface area contributed by atoms with Crippen molar-refractivity contribution in [1.29, 1.82) is 0 Å². The zero-order valence-electron chi connectivity index (χ0n) is 11.3. The molecule has 1 aliphatic carbocycles. The summed E-state index contributed by atoms with van der Waals surface area (Å²) in [5.74, 6) is 0.457. The van der Waals surface area contributed by atoms with Gasteiger partial charge >= 0.3 is 0 Å². The van der Waals surface area contributed by atoms with Crippen LogP contribution in [-0.4, -0.2) is 17.8 Å². The quantitative estimate of drug-likeness (QED) is 0.774. The van der Waals surface area contributed by atoms with Gasteiger partial charge in [-0.15, -0.1) is 0 Å². The molecule has 0 saturated carbocycles. The monoisotopic (exact) mass is 282 g/mol. The van der Waals surface area contributed by atoms with Gasteiger partial charge in [0.25, 0.3) is 0 Å². The normalized spacial score (nSPS) is 23.5. The highest BCUT2D eigenvalue weighted by Crippen LogP contribution is 2.43. The number of rotatable bonds is 1. The van der Waals surface area contributed by atoms with Crippen LogP contribution in [0, 0.1) is 5.92 Å². The van der Waals surface area contributed by atoms with E-state index in [4.69, 9.17) is 16.7 Å². The van der Waals surface area contributed by atoms with Crippen molar-refractivity contribution in [2.75, 3.05) is 7.05 Å². The molecule has 100 valence electrons. The summed E-state index contributed by atoms with van der Waals surface area (Å²) >= 11 is 6.00. The third kappa shape index (κ3) is 1.68. The van der Waals surface area contributed by atoms with E-state index in [-0.39, 0.29) is 0 Å². The summed E-state index contributed by atoms with van der Waals surface area (Å²) in [4.78, 5) is 0. The van der Waals surface area contributed by atoms with E-state index in [1.165, 1.54) is 22.4 Å². The van der Waals surface area contributed by atoms with E-state index in [1.807, 2.05) is 12.1 Å². The van der Waals surface area contributed by atoms with Gasteiger partial charge < -0.3 is 0 Å². The van der Waals surface area contributed by atoms with Gasteiger partial charge in [-0.05, 0) is 29.7 Å². The smallest absolute Gasteiger partial charge is 0.0804 e. The van der Waals surface area contributed by atoms with Crippen molar-refractivity contribution in [2.24, 2.45) is 11.0 Å². The summed E-state index contributed by atoms with van der Waals surface area (Å²) in [6, 6.07) is 17.1. The molecule has 0 bridgehead atoms. The highest BCUT2D eigenvalue weighted by molar-refractivity contribution is 6.30. The Morgan fingerprint density at radius 2 is 1.85 bits per heavy atom. The second-order valence-corrected chi connectivity index (χ2v) is 5.96. The first kappa shape index (κ1) is 12.0. The molecule has 2 unspecified atom stereocenters. The molecule has 2 aromatic carbocycles. The fourth-order valence-electron chi connectivity index (χ4n) is 3.47. The zero-order chi connectivity index (χ0) is 13.7. The van der Waals surface area contributed by atoms with E-state index in [0.717, 1.165) is 11.4 Å². The number of hydrogen-bond donors (Lipinski definition) is 0. The number of hydrogen-bond acceptors (Lipinski definition) is 2. The lowest BCUT2D eigenvalue weighted by atomic mass is 9.90. The van der Waals surface area contributed by atoms with Crippen molar-refractivity contribution in [3.8, 4) is 0 Å². The van der Waals surface area contributed by atoms with Crippen LogP contribution in [0.5, 0.6) is 0 Å². The molecule has 2 nitrogen and oxygen atoms in total. The van der Waals surface area contributed by atoms with Crippen LogP contribution in [-0.2, 0) is 6.42 Å². The summed E-state index contributed by atoms with van der Waals surface area (Å²) in [5.41, 5.74) is 5.26. The molecular formula is C17H15ClN2. The topological polar surface area (TPSA) is 15.6 Å². The van der Waals surface area contributed by atoms with Crippen LogP contribution in [0.25, 0.3) is 0 Å². The molecule has 2 aliphatic rings. The lowest BCUT2D eigenvalue weighted by molar-refractivity contribution is 0.250. The van der Waals surface area contributed by atoms with Gasteiger partial charge in [0.1, 0.15) is 0 Å². The first-order valence-electron chi connectivity index (χ1n) is 6.89. The molecule has 0 amide bonds. The number of hydrazone groups is 1. The predicted octanol–water partition coefficient (Wildman–Crippen LogP) is 3.90. The number of fused-ring (bicyclic) bond motifs is 3. The molecule has 20 heavy (non-hydrogen) atoms. The Morgan fingerprint density at radius 3 is 2.65 bits per heavy atom. The van der Waals surface area contributed by atoms with Crippen molar-refractivity contribution in [3.63, 3.8) is 0 Å². The average molecular weight is 283 g/mol. The minimum Gasteiger partial charge on any atom is -0.292 e. The van der Waals surface area contributed by atoms with Gasteiger partial charge in [-0.2, -0.15) is 5.10 Å². The van der Waals surface area contributed by atoms with E-state index < -0.39 is 0 Å². The Balaban J connectivity index is 1.75. The van der Waals surface area contributed by atoms with E-state index >= 15 is 0 Å². The summed E-state index contributed by atoms with van der Waals surface area (Å²) in [5, 5.41) is 7.67. The molecule has 2 atom stereocenters. The highest BCUT2D eigenvalue weighted by atomic mass is 35.5. The van der Waals surface area contributed by atoms with Gasteiger partial charge in [0.2, 0.25) is 0 Å². The SMILES string of the molecule is CN1N=C2c3ccccc3CC2C1c1ccc(Cl)cc1. The Hall–Kier alpha value is -1.80. The van der Waals surface area contributed by atoms with Crippen LogP contribution < -0.4 is 0 Å². The summed E-state index contributed by atoms with van der Waals surface area (Å²) < 4.78 is 0. The maximum Gasteiger partial charge on any atom is 0.0804 e. The Kier molecular flexibility index (Phi) is 2.61. The minimum atomic E-state index is 0.315. The van der Waals surface area contributed by atoms with Crippen LogP contribution in [0.2, 0.25) is 5.02 Å². The summed E-state index contributed by atoms with van der Waals surface area (Å²) in [7, 11) is 2.06. The first-order chi connectivity index (χ1) is 9.74. The molecule has 0 N–H and O–H groups in total. The lowest BCUT2D eigenvalue weighted by Gasteiger charge is -2.24. The number of halogens is 1. The Labute approximate surface area is 123 Å².